The van der Waals surface area contributed by atoms with Crippen LogP contribution in [0.5, 0.6) is 0 Å². The third-order valence-electron chi connectivity index (χ3n) is 11.0. The van der Waals surface area contributed by atoms with Gasteiger partial charge in [0.2, 0.25) is 5.91 Å². The lowest BCUT2D eigenvalue weighted by Gasteiger charge is -2.40. The second-order valence-corrected chi connectivity index (χ2v) is 15.8. The zero-order valence-corrected chi connectivity index (χ0v) is 33.7. The summed E-state index contributed by atoms with van der Waals surface area (Å²) in [5, 5.41) is 64.8. The van der Waals surface area contributed by atoms with Crippen molar-refractivity contribution >= 4 is 5.91 Å². The molecule has 10 heteroatoms. The molecule has 10 nitrogen and oxygen atoms in total. The number of aryl methyl sites for hydroxylation is 1. The van der Waals surface area contributed by atoms with Gasteiger partial charge < -0.3 is 45.4 Å². The Morgan fingerprint density at radius 2 is 1.15 bits per heavy atom. The molecule has 314 valence electrons. The van der Waals surface area contributed by atoms with E-state index < -0.39 is 55.6 Å². The van der Waals surface area contributed by atoms with Gasteiger partial charge >= 0.3 is 0 Å². The summed E-state index contributed by atoms with van der Waals surface area (Å²) in [6.45, 7) is 1.34. The highest BCUT2D eigenvalue weighted by Gasteiger charge is 2.44. The summed E-state index contributed by atoms with van der Waals surface area (Å²) in [5.41, 5.74) is 1.00. The molecule has 0 spiro atoms. The van der Waals surface area contributed by atoms with Crippen molar-refractivity contribution in [2.24, 2.45) is 0 Å². The second-order valence-electron chi connectivity index (χ2n) is 15.8. The predicted molar refractivity (Wildman–Crippen MR) is 215 cm³/mol. The molecule has 7 N–H and O–H groups in total. The molecular formula is C44H79NO9. The van der Waals surface area contributed by atoms with Crippen LogP contribution in [-0.2, 0) is 20.7 Å². The van der Waals surface area contributed by atoms with E-state index in [-0.39, 0.29) is 25.4 Å². The SMILES string of the molecule is CCCCCCCCCCCCCCCCCCCCCCCCCC(=O)N[C@@H](CO[C@H]1O[C@H](CO)[C@H](O)[C@H](O)[C@H]1O)[C@H](O)[C@H](O)CCc1ccccc1. The van der Waals surface area contributed by atoms with Crippen LogP contribution in [0.3, 0.4) is 0 Å². The van der Waals surface area contributed by atoms with E-state index in [2.05, 4.69) is 12.2 Å². The lowest BCUT2D eigenvalue weighted by atomic mass is 9.98. The maximum atomic E-state index is 12.9. The van der Waals surface area contributed by atoms with Crippen molar-refractivity contribution < 1.29 is 44.9 Å². The van der Waals surface area contributed by atoms with Gasteiger partial charge in [0, 0.05) is 6.42 Å². The molecule has 1 aliphatic rings. The quantitative estimate of drug-likeness (QED) is 0.0365. The number of aliphatic hydroxyl groups excluding tert-OH is 6. The van der Waals surface area contributed by atoms with E-state index in [4.69, 9.17) is 9.47 Å². The maximum Gasteiger partial charge on any atom is 0.220 e. The summed E-state index contributed by atoms with van der Waals surface area (Å²) in [4.78, 5) is 12.9. The molecule has 1 fully saturated rings. The van der Waals surface area contributed by atoms with E-state index in [1.165, 1.54) is 122 Å². The van der Waals surface area contributed by atoms with Crippen molar-refractivity contribution in [3.8, 4) is 0 Å². The lowest BCUT2D eigenvalue weighted by Crippen LogP contribution is -2.60. The van der Waals surface area contributed by atoms with Gasteiger partial charge in [0.25, 0.3) is 0 Å². The molecule has 0 saturated carbocycles. The Labute approximate surface area is 327 Å². The third kappa shape index (κ3) is 21.6. The first-order valence-electron chi connectivity index (χ1n) is 21.9. The van der Waals surface area contributed by atoms with Crippen molar-refractivity contribution in [2.75, 3.05) is 13.2 Å². The summed E-state index contributed by atoms with van der Waals surface area (Å²) in [5.74, 6) is -0.282. The fraction of sp³-hybridized carbons (Fsp3) is 0.841. The Kier molecular flexibility index (Phi) is 28.3. The van der Waals surface area contributed by atoms with Gasteiger partial charge in [-0.3, -0.25) is 4.79 Å². The zero-order valence-electron chi connectivity index (χ0n) is 33.7. The van der Waals surface area contributed by atoms with Crippen LogP contribution in [0, 0.1) is 0 Å². The Balaban J connectivity index is 1.56. The summed E-state index contributed by atoms with van der Waals surface area (Å²) in [6.07, 6.45) is 21.1. The average Bonchev–Trinajstić information content (AvgIpc) is 3.18. The molecule has 0 aliphatic carbocycles. The molecule has 1 aromatic carbocycles. The number of hydrogen-bond donors (Lipinski definition) is 7. The first-order valence-corrected chi connectivity index (χ1v) is 21.9. The summed E-state index contributed by atoms with van der Waals surface area (Å²) < 4.78 is 11.1. The first kappa shape index (κ1) is 48.5. The number of nitrogens with one attached hydrogen (secondary N) is 1. The lowest BCUT2D eigenvalue weighted by molar-refractivity contribution is -0.303. The van der Waals surface area contributed by atoms with Gasteiger partial charge in [-0.05, 0) is 24.8 Å². The van der Waals surface area contributed by atoms with Crippen molar-refractivity contribution in [3.63, 3.8) is 0 Å². The molecule has 2 rings (SSSR count). The van der Waals surface area contributed by atoms with Crippen LogP contribution in [-0.4, -0.2) is 98.7 Å². The third-order valence-corrected chi connectivity index (χ3v) is 11.0. The number of carbonyl (C=O) groups is 1. The van der Waals surface area contributed by atoms with Gasteiger partial charge in [-0.25, -0.2) is 0 Å². The first-order chi connectivity index (χ1) is 26.3. The van der Waals surface area contributed by atoms with Crippen LogP contribution in [0.15, 0.2) is 30.3 Å². The Morgan fingerprint density at radius 1 is 0.685 bits per heavy atom. The summed E-state index contributed by atoms with van der Waals surface area (Å²) >= 11 is 0. The van der Waals surface area contributed by atoms with Crippen LogP contribution in [0.4, 0.5) is 0 Å². The minimum atomic E-state index is -1.62. The van der Waals surface area contributed by atoms with E-state index in [0.29, 0.717) is 12.8 Å². The van der Waals surface area contributed by atoms with Gasteiger partial charge in [0.15, 0.2) is 6.29 Å². The number of rotatable bonds is 34. The number of amides is 1. The zero-order chi connectivity index (χ0) is 39.2. The van der Waals surface area contributed by atoms with Crippen molar-refractivity contribution in [1.82, 2.24) is 5.32 Å². The Morgan fingerprint density at radius 3 is 1.61 bits per heavy atom. The highest BCUT2D eigenvalue weighted by molar-refractivity contribution is 5.76. The minimum Gasteiger partial charge on any atom is -0.394 e. The number of unbranched alkanes of at least 4 members (excludes halogenated alkanes) is 22. The van der Waals surface area contributed by atoms with Gasteiger partial charge in [-0.1, -0.05) is 179 Å². The van der Waals surface area contributed by atoms with Gasteiger partial charge in [0.05, 0.1) is 25.4 Å². The molecule has 0 bridgehead atoms. The molecule has 54 heavy (non-hydrogen) atoms. The minimum absolute atomic E-state index is 0.247. The van der Waals surface area contributed by atoms with E-state index >= 15 is 0 Å². The van der Waals surface area contributed by atoms with Crippen LogP contribution >= 0.6 is 0 Å². The molecule has 0 radical (unpaired) electrons. The van der Waals surface area contributed by atoms with E-state index in [1.807, 2.05) is 30.3 Å². The van der Waals surface area contributed by atoms with E-state index in [9.17, 15) is 35.4 Å². The fourth-order valence-corrected chi connectivity index (χ4v) is 7.38. The molecule has 0 unspecified atom stereocenters. The number of benzene rings is 1. The molecule has 1 amide bonds. The monoisotopic (exact) mass is 766 g/mol. The number of aliphatic hydroxyl groups is 6. The largest absolute Gasteiger partial charge is 0.394 e. The number of hydrogen-bond acceptors (Lipinski definition) is 9. The van der Waals surface area contributed by atoms with Crippen LogP contribution < -0.4 is 5.32 Å². The maximum absolute atomic E-state index is 12.9. The normalized spacial score (nSPS) is 21.9. The van der Waals surface area contributed by atoms with Gasteiger partial charge in [-0.15, -0.1) is 0 Å². The van der Waals surface area contributed by atoms with Crippen LogP contribution in [0.1, 0.15) is 173 Å². The smallest absolute Gasteiger partial charge is 0.220 e. The topological polar surface area (TPSA) is 169 Å². The number of carbonyl (C=O) groups excluding carboxylic acids is 1. The summed E-state index contributed by atoms with van der Waals surface area (Å²) in [7, 11) is 0. The molecule has 1 saturated heterocycles. The van der Waals surface area contributed by atoms with Gasteiger partial charge in [-0.2, -0.15) is 0 Å². The van der Waals surface area contributed by atoms with Crippen molar-refractivity contribution in [3.05, 3.63) is 35.9 Å². The fourth-order valence-electron chi connectivity index (χ4n) is 7.38. The van der Waals surface area contributed by atoms with E-state index in [0.717, 1.165) is 24.8 Å². The van der Waals surface area contributed by atoms with Crippen LogP contribution in [0.25, 0.3) is 0 Å². The Bertz CT molecular complexity index is 1020. The predicted octanol–water partition coefficient (Wildman–Crippen LogP) is 7.02. The summed E-state index contributed by atoms with van der Waals surface area (Å²) in [6, 6.07) is 8.54. The Hall–Kier alpha value is -1.63. The van der Waals surface area contributed by atoms with Gasteiger partial charge in [0.1, 0.15) is 30.5 Å². The molecule has 8 atom stereocenters. The van der Waals surface area contributed by atoms with E-state index in [1.54, 1.807) is 0 Å². The molecule has 0 aromatic heterocycles. The second kappa shape index (κ2) is 31.5. The standard InChI is InChI=1S/C44H79NO9/c1-2-3-4-5-6-7-8-9-10-11-12-13-14-15-16-17-18-19-20-21-22-23-27-30-39(48)45-36(40(49)37(47)32-31-35-28-25-24-26-29-35)34-53-44-43(52)42(51)41(50)38(33-46)54-44/h24-26,28-29,36-38,40-44,46-47,49-52H,2-23,27,30-34H2,1H3,(H,45,48)/t36-,37+,38+,40-,41-,42-,43+,44-/m0/s1. The number of ether oxygens (including phenoxy) is 2. The molecule has 1 aromatic rings. The average molecular weight is 766 g/mol. The molecule has 1 aliphatic heterocycles. The molecule has 1 heterocycles. The highest BCUT2D eigenvalue weighted by Crippen LogP contribution is 2.23. The van der Waals surface area contributed by atoms with Crippen molar-refractivity contribution in [2.45, 2.75) is 223 Å². The molecular weight excluding hydrogens is 686 g/mol. The highest BCUT2D eigenvalue weighted by atomic mass is 16.7. The van der Waals surface area contributed by atoms with Crippen molar-refractivity contribution in [1.29, 1.82) is 0 Å². The van der Waals surface area contributed by atoms with Crippen LogP contribution in [0.2, 0.25) is 0 Å².